The molecular weight excluding hydrogens is 244 g/mol. The van der Waals surface area contributed by atoms with Crippen LogP contribution in [0.2, 0.25) is 0 Å². The van der Waals surface area contributed by atoms with Crippen molar-refractivity contribution in [3.8, 4) is 0 Å². The molecule has 98 valence electrons. The molecule has 1 unspecified atom stereocenters. The van der Waals surface area contributed by atoms with Crippen molar-refractivity contribution in [2.24, 2.45) is 11.7 Å². The van der Waals surface area contributed by atoms with Crippen LogP contribution in [0.1, 0.15) is 30.1 Å². The number of nitrogens with two attached hydrogens (primary N) is 1. The Kier molecular flexibility index (Phi) is 4.32. The van der Waals surface area contributed by atoms with Crippen molar-refractivity contribution >= 4 is 17.2 Å². The van der Waals surface area contributed by atoms with E-state index in [1.165, 1.54) is 12.8 Å². The zero-order valence-electron chi connectivity index (χ0n) is 10.7. The van der Waals surface area contributed by atoms with Crippen molar-refractivity contribution in [1.29, 1.82) is 0 Å². The van der Waals surface area contributed by atoms with Crippen LogP contribution in [0.15, 0.2) is 24.3 Å². The molecule has 1 aliphatic carbocycles. The molecule has 0 heterocycles. The second kappa shape index (κ2) is 5.78. The largest absolute Gasteiger partial charge is 0.389 e. The number of aliphatic hydroxyl groups excluding tert-OH is 1. The standard InChI is InChI=1S/C14H20N2OS/c1-16(8-10-2-3-10)9-13(17)11-4-6-12(7-5-11)14(15)18/h4-7,10,13,17H,2-3,8-9H2,1H3,(H2,15,18). The average Bonchev–Trinajstić information content (AvgIpc) is 3.12. The summed E-state index contributed by atoms with van der Waals surface area (Å²) in [5.74, 6) is 0.846. The van der Waals surface area contributed by atoms with Crippen molar-refractivity contribution in [2.75, 3.05) is 20.1 Å². The fraction of sp³-hybridized carbons (Fsp3) is 0.500. The number of benzene rings is 1. The third-order valence-electron chi connectivity index (χ3n) is 3.33. The van der Waals surface area contributed by atoms with Gasteiger partial charge in [0.1, 0.15) is 4.99 Å². The number of likely N-dealkylation sites (N-methyl/N-ethyl adjacent to an activating group) is 1. The van der Waals surface area contributed by atoms with E-state index in [1.54, 1.807) is 0 Å². The predicted octanol–water partition coefficient (Wildman–Crippen LogP) is 1.70. The van der Waals surface area contributed by atoms with E-state index in [0.29, 0.717) is 11.5 Å². The van der Waals surface area contributed by atoms with E-state index < -0.39 is 6.10 Å². The van der Waals surface area contributed by atoms with Gasteiger partial charge < -0.3 is 15.7 Å². The second-order valence-electron chi connectivity index (χ2n) is 5.17. The highest BCUT2D eigenvalue weighted by molar-refractivity contribution is 7.80. The fourth-order valence-electron chi connectivity index (χ4n) is 2.09. The van der Waals surface area contributed by atoms with Crippen LogP contribution < -0.4 is 5.73 Å². The quantitative estimate of drug-likeness (QED) is 0.768. The number of hydrogen-bond donors (Lipinski definition) is 2. The molecule has 0 aliphatic heterocycles. The van der Waals surface area contributed by atoms with E-state index in [1.807, 2.05) is 24.3 Å². The first-order chi connectivity index (χ1) is 8.56. The van der Waals surface area contributed by atoms with E-state index in [2.05, 4.69) is 11.9 Å². The molecule has 3 nitrogen and oxygen atoms in total. The summed E-state index contributed by atoms with van der Waals surface area (Å²) in [6, 6.07) is 7.51. The molecule has 1 fully saturated rings. The maximum atomic E-state index is 10.1. The van der Waals surface area contributed by atoms with Crippen LogP contribution in [-0.4, -0.2) is 35.1 Å². The summed E-state index contributed by atoms with van der Waals surface area (Å²) in [6.07, 6.45) is 2.22. The molecule has 0 aromatic heterocycles. The zero-order valence-corrected chi connectivity index (χ0v) is 11.5. The Labute approximate surface area is 114 Å². The summed E-state index contributed by atoms with van der Waals surface area (Å²) in [6.45, 7) is 1.75. The van der Waals surface area contributed by atoms with Gasteiger partial charge in [-0.2, -0.15) is 0 Å². The Morgan fingerprint density at radius 3 is 2.56 bits per heavy atom. The zero-order chi connectivity index (χ0) is 13.1. The fourth-order valence-corrected chi connectivity index (χ4v) is 2.22. The molecule has 1 aromatic carbocycles. The van der Waals surface area contributed by atoms with Gasteiger partial charge in [0.2, 0.25) is 0 Å². The van der Waals surface area contributed by atoms with Gasteiger partial charge in [0.05, 0.1) is 6.10 Å². The summed E-state index contributed by atoms with van der Waals surface area (Å²) in [5, 5.41) is 10.1. The lowest BCUT2D eigenvalue weighted by atomic mass is 10.1. The van der Waals surface area contributed by atoms with Crippen molar-refractivity contribution in [2.45, 2.75) is 18.9 Å². The van der Waals surface area contributed by atoms with Gasteiger partial charge >= 0.3 is 0 Å². The van der Waals surface area contributed by atoms with Crippen LogP contribution in [0.3, 0.4) is 0 Å². The minimum absolute atomic E-state index is 0.391. The molecular formula is C14H20N2OS. The molecule has 4 heteroatoms. The number of thiocarbonyl (C=S) groups is 1. The van der Waals surface area contributed by atoms with Gasteiger partial charge in [-0.1, -0.05) is 36.5 Å². The first-order valence-electron chi connectivity index (χ1n) is 6.32. The van der Waals surface area contributed by atoms with Crippen LogP contribution in [0.25, 0.3) is 0 Å². The Bertz CT molecular complexity index is 414. The molecule has 0 saturated heterocycles. The minimum atomic E-state index is -0.450. The summed E-state index contributed by atoms with van der Waals surface area (Å²) < 4.78 is 0. The maximum absolute atomic E-state index is 10.1. The third-order valence-corrected chi connectivity index (χ3v) is 3.57. The Morgan fingerprint density at radius 1 is 1.44 bits per heavy atom. The normalized spacial score (nSPS) is 16.8. The highest BCUT2D eigenvalue weighted by Crippen LogP contribution is 2.29. The third kappa shape index (κ3) is 3.77. The van der Waals surface area contributed by atoms with Crippen molar-refractivity contribution in [3.05, 3.63) is 35.4 Å². The molecule has 3 N–H and O–H groups in total. The maximum Gasteiger partial charge on any atom is 0.103 e. The SMILES string of the molecule is CN(CC1CC1)CC(O)c1ccc(C(N)=S)cc1. The molecule has 1 atom stereocenters. The Morgan fingerprint density at radius 2 is 2.06 bits per heavy atom. The van der Waals surface area contributed by atoms with Crippen LogP contribution in [-0.2, 0) is 0 Å². The van der Waals surface area contributed by atoms with E-state index in [0.717, 1.165) is 23.6 Å². The van der Waals surface area contributed by atoms with Crippen LogP contribution >= 0.6 is 12.2 Å². The summed E-state index contributed by atoms with van der Waals surface area (Å²) in [4.78, 5) is 2.59. The number of hydrogen-bond acceptors (Lipinski definition) is 3. The smallest absolute Gasteiger partial charge is 0.103 e. The monoisotopic (exact) mass is 264 g/mol. The van der Waals surface area contributed by atoms with E-state index in [4.69, 9.17) is 18.0 Å². The number of aliphatic hydroxyl groups is 1. The lowest BCUT2D eigenvalue weighted by Gasteiger charge is -2.20. The topological polar surface area (TPSA) is 49.5 Å². The second-order valence-corrected chi connectivity index (χ2v) is 5.61. The van der Waals surface area contributed by atoms with Crippen LogP contribution in [0, 0.1) is 5.92 Å². The minimum Gasteiger partial charge on any atom is -0.389 e. The summed E-state index contributed by atoms with van der Waals surface area (Å²) in [5.41, 5.74) is 7.30. The molecule has 18 heavy (non-hydrogen) atoms. The van der Waals surface area contributed by atoms with Gasteiger partial charge in [0.25, 0.3) is 0 Å². The van der Waals surface area contributed by atoms with E-state index >= 15 is 0 Å². The Balaban J connectivity index is 1.90. The number of nitrogens with zero attached hydrogens (tertiary/aromatic N) is 1. The first kappa shape index (κ1) is 13.5. The molecule has 1 aromatic rings. The molecule has 0 bridgehead atoms. The van der Waals surface area contributed by atoms with Gasteiger partial charge in [-0.05, 0) is 31.4 Å². The molecule has 0 radical (unpaired) electrons. The highest BCUT2D eigenvalue weighted by atomic mass is 32.1. The summed E-state index contributed by atoms with van der Waals surface area (Å²) >= 11 is 4.90. The van der Waals surface area contributed by atoms with Crippen LogP contribution in [0.4, 0.5) is 0 Å². The van der Waals surface area contributed by atoms with Crippen LogP contribution in [0.5, 0.6) is 0 Å². The van der Waals surface area contributed by atoms with Crippen molar-refractivity contribution < 1.29 is 5.11 Å². The summed E-state index contributed by atoms with van der Waals surface area (Å²) in [7, 11) is 2.06. The lowest BCUT2D eigenvalue weighted by molar-refractivity contribution is 0.124. The molecule has 1 aliphatic rings. The van der Waals surface area contributed by atoms with Gasteiger partial charge in [-0.15, -0.1) is 0 Å². The van der Waals surface area contributed by atoms with Crippen molar-refractivity contribution in [1.82, 2.24) is 4.90 Å². The van der Waals surface area contributed by atoms with E-state index in [-0.39, 0.29) is 0 Å². The predicted molar refractivity (Wildman–Crippen MR) is 77.5 cm³/mol. The van der Waals surface area contributed by atoms with Gasteiger partial charge in [-0.3, -0.25) is 0 Å². The molecule has 0 spiro atoms. The molecule has 0 amide bonds. The van der Waals surface area contributed by atoms with Gasteiger partial charge in [0, 0.05) is 18.7 Å². The first-order valence-corrected chi connectivity index (χ1v) is 6.73. The highest BCUT2D eigenvalue weighted by Gasteiger charge is 2.23. The van der Waals surface area contributed by atoms with Crippen molar-refractivity contribution in [3.63, 3.8) is 0 Å². The van der Waals surface area contributed by atoms with E-state index in [9.17, 15) is 5.11 Å². The van der Waals surface area contributed by atoms with Gasteiger partial charge in [-0.25, -0.2) is 0 Å². The molecule has 1 saturated carbocycles. The molecule has 2 rings (SSSR count). The Hall–Kier alpha value is -0.970. The lowest BCUT2D eigenvalue weighted by Crippen LogP contribution is -2.26. The van der Waals surface area contributed by atoms with Gasteiger partial charge in [0.15, 0.2) is 0 Å². The average molecular weight is 264 g/mol. The number of rotatable bonds is 6.